The molecule has 3 rings (SSSR count). The molecule has 0 unspecified atom stereocenters. The van der Waals surface area contributed by atoms with Crippen LogP contribution in [0.4, 0.5) is 0 Å². The fourth-order valence-electron chi connectivity index (χ4n) is 1.87. The summed E-state index contributed by atoms with van der Waals surface area (Å²) in [7, 11) is -1.45. The maximum absolute atomic E-state index is 11.4. The molecular weight excluding hydrogens is 318 g/mol. The van der Waals surface area contributed by atoms with Gasteiger partial charge in [-0.3, -0.25) is 4.68 Å². The minimum Gasteiger partial charge on any atom is -0.334 e. The van der Waals surface area contributed by atoms with Crippen molar-refractivity contribution in [2.75, 3.05) is 6.26 Å². The molecule has 118 valence electrons. The Balaban J connectivity index is 1.80. The number of hydrogen-bond acceptors (Lipinski definition) is 7. The van der Waals surface area contributed by atoms with Crippen LogP contribution in [0.5, 0.6) is 0 Å². The molecule has 0 N–H and O–H groups in total. The third-order valence-corrected chi connectivity index (χ3v) is 4.13. The van der Waals surface area contributed by atoms with Crippen molar-refractivity contribution in [3.05, 3.63) is 42.0 Å². The van der Waals surface area contributed by atoms with Gasteiger partial charge < -0.3 is 4.52 Å². The Bertz CT molecular complexity index is 954. The molecule has 9 heteroatoms. The number of aryl methyl sites for hydroxylation is 1. The molecule has 0 aliphatic heterocycles. The standard InChI is InChI=1S/C14H13N5O3S/c1-19-9-11(16-18-19)5-8-13-15-14(17-22-13)10-3-6-12(7-4-10)23(2,20)21/h3-9H,1-2H3/b8-5+. The largest absolute Gasteiger partial charge is 0.334 e. The van der Waals surface area contributed by atoms with Crippen LogP contribution in [0.25, 0.3) is 23.5 Å². The summed E-state index contributed by atoms with van der Waals surface area (Å²) in [5.74, 6) is 0.696. The average molecular weight is 331 g/mol. The van der Waals surface area contributed by atoms with Crippen molar-refractivity contribution in [3.8, 4) is 11.4 Å². The van der Waals surface area contributed by atoms with Gasteiger partial charge in [-0.25, -0.2) is 8.42 Å². The van der Waals surface area contributed by atoms with E-state index in [4.69, 9.17) is 4.52 Å². The first-order chi connectivity index (χ1) is 10.9. The first-order valence-electron chi connectivity index (χ1n) is 6.60. The maximum atomic E-state index is 11.4. The lowest BCUT2D eigenvalue weighted by Gasteiger charge is -1.98. The van der Waals surface area contributed by atoms with E-state index in [1.807, 2.05) is 0 Å². The van der Waals surface area contributed by atoms with E-state index in [-0.39, 0.29) is 4.90 Å². The second-order valence-corrected chi connectivity index (χ2v) is 6.92. The molecule has 0 radical (unpaired) electrons. The number of aromatic nitrogens is 5. The molecule has 0 saturated carbocycles. The summed E-state index contributed by atoms with van der Waals surface area (Å²) in [6.45, 7) is 0. The molecular formula is C14H13N5O3S. The first-order valence-corrected chi connectivity index (χ1v) is 8.49. The lowest BCUT2D eigenvalue weighted by molar-refractivity contribution is 0.411. The number of sulfone groups is 1. The van der Waals surface area contributed by atoms with Crippen LogP contribution in [0.2, 0.25) is 0 Å². The minimum absolute atomic E-state index is 0.243. The number of hydrogen-bond donors (Lipinski definition) is 0. The van der Waals surface area contributed by atoms with Gasteiger partial charge in [0.15, 0.2) is 9.84 Å². The highest BCUT2D eigenvalue weighted by Crippen LogP contribution is 2.19. The Morgan fingerprint density at radius 1 is 1.17 bits per heavy atom. The smallest absolute Gasteiger partial charge is 0.251 e. The highest BCUT2D eigenvalue weighted by Gasteiger charge is 2.10. The van der Waals surface area contributed by atoms with Gasteiger partial charge in [0.25, 0.3) is 5.89 Å². The zero-order valence-corrected chi connectivity index (χ0v) is 13.2. The lowest BCUT2D eigenvalue weighted by Crippen LogP contribution is -1.96. The van der Waals surface area contributed by atoms with E-state index in [0.29, 0.717) is 23.0 Å². The van der Waals surface area contributed by atoms with E-state index >= 15 is 0 Å². The van der Waals surface area contributed by atoms with Crippen molar-refractivity contribution in [3.63, 3.8) is 0 Å². The maximum Gasteiger partial charge on any atom is 0.251 e. The Morgan fingerprint density at radius 3 is 2.52 bits per heavy atom. The molecule has 0 atom stereocenters. The topological polar surface area (TPSA) is 104 Å². The zero-order chi connectivity index (χ0) is 16.4. The Labute approximate surface area is 132 Å². The average Bonchev–Trinajstić information content (AvgIpc) is 3.13. The summed E-state index contributed by atoms with van der Waals surface area (Å²) in [4.78, 5) is 4.47. The highest BCUT2D eigenvalue weighted by molar-refractivity contribution is 7.90. The van der Waals surface area contributed by atoms with Crippen LogP contribution < -0.4 is 0 Å². The van der Waals surface area contributed by atoms with E-state index in [2.05, 4.69) is 20.5 Å². The van der Waals surface area contributed by atoms with Gasteiger partial charge in [-0.2, -0.15) is 4.98 Å². The molecule has 3 aromatic rings. The van der Waals surface area contributed by atoms with E-state index < -0.39 is 9.84 Å². The quantitative estimate of drug-likeness (QED) is 0.712. The van der Waals surface area contributed by atoms with Gasteiger partial charge in [-0.1, -0.05) is 10.4 Å². The van der Waals surface area contributed by atoms with Gasteiger partial charge in [0.05, 0.1) is 11.1 Å². The van der Waals surface area contributed by atoms with Gasteiger partial charge in [0.1, 0.15) is 5.69 Å². The van der Waals surface area contributed by atoms with Crippen LogP contribution in [0.15, 0.2) is 39.9 Å². The van der Waals surface area contributed by atoms with Gasteiger partial charge in [-0.15, -0.1) is 5.10 Å². The second kappa shape index (κ2) is 5.76. The molecule has 0 fully saturated rings. The number of nitrogens with zero attached hydrogens (tertiary/aromatic N) is 5. The molecule has 8 nitrogen and oxygen atoms in total. The van der Waals surface area contributed by atoms with Crippen LogP contribution in [-0.4, -0.2) is 39.8 Å². The van der Waals surface area contributed by atoms with Crippen LogP contribution in [-0.2, 0) is 16.9 Å². The monoisotopic (exact) mass is 331 g/mol. The number of rotatable bonds is 4. The molecule has 0 amide bonds. The van der Waals surface area contributed by atoms with E-state index in [1.165, 1.54) is 12.1 Å². The van der Waals surface area contributed by atoms with Crippen LogP contribution in [0.3, 0.4) is 0 Å². The third kappa shape index (κ3) is 3.51. The third-order valence-electron chi connectivity index (χ3n) is 3.00. The van der Waals surface area contributed by atoms with E-state index in [1.54, 1.807) is 42.2 Å². The zero-order valence-electron chi connectivity index (χ0n) is 12.4. The lowest BCUT2D eigenvalue weighted by atomic mass is 10.2. The second-order valence-electron chi connectivity index (χ2n) is 4.90. The van der Waals surface area contributed by atoms with Gasteiger partial charge in [0, 0.05) is 24.9 Å². The van der Waals surface area contributed by atoms with E-state index in [9.17, 15) is 8.42 Å². The van der Waals surface area contributed by atoms with Gasteiger partial charge in [-0.05, 0) is 30.3 Å². The molecule has 0 spiro atoms. The molecule has 0 aliphatic carbocycles. The van der Waals surface area contributed by atoms with Crippen molar-refractivity contribution >= 4 is 22.0 Å². The van der Waals surface area contributed by atoms with Crippen LogP contribution in [0, 0.1) is 0 Å². The molecule has 0 bridgehead atoms. The summed E-state index contributed by atoms with van der Waals surface area (Å²) in [5, 5.41) is 11.6. The fourth-order valence-corrected chi connectivity index (χ4v) is 2.50. The summed E-state index contributed by atoms with van der Waals surface area (Å²) in [6, 6.07) is 6.29. The summed E-state index contributed by atoms with van der Waals surface area (Å²) in [5.41, 5.74) is 1.34. The fraction of sp³-hybridized carbons (Fsp3) is 0.143. The summed E-state index contributed by atoms with van der Waals surface area (Å²) in [6.07, 6.45) is 6.24. The Hall–Kier alpha value is -2.81. The highest BCUT2D eigenvalue weighted by atomic mass is 32.2. The van der Waals surface area contributed by atoms with Crippen molar-refractivity contribution < 1.29 is 12.9 Å². The normalized spacial score (nSPS) is 12.1. The molecule has 2 heterocycles. The van der Waals surface area contributed by atoms with Gasteiger partial charge in [0.2, 0.25) is 5.82 Å². The van der Waals surface area contributed by atoms with Crippen LogP contribution >= 0.6 is 0 Å². The predicted octanol–water partition coefficient (Wildman–Crippen LogP) is 1.44. The minimum atomic E-state index is -3.22. The van der Waals surface area contributed by atoms with E-state index in [0.717, 1.165) is 6.26 Å². The summed E-state index contributed by atoms with van der Waals surface area (Å²) >= 11 is 0. The Morgan fingerprint density at radius 2 is 1.91 bits per heavy atom. The van der Waals surface area contributed by atoms with Crippen molar-refractivity contribution in [1.29, 1.82) is 0 Å². The molecule has 23 heavy (non-hydrogen) atoms. The molecule has 0 saturated heterocycles. The SMILES string of the molecule is Cn1cc(/C=C/c2nc(-c3ccc(S(C)(=O)=O)cc3)no2)nn1. The number of benzene rings is 1. The molecule has 1 aromatic carbocycles. The van der Waals surface area contributed by atoms with Crippen LogP contribution in [0.1, 0.15) is 11.6 Å². The first kappa shape index (κ1) is 15.1. The Kier molecular flexibility index (Phi) is 3.78. The van der Waals surface area contributed by atoms with Gasteiger partial charge >= 0.3 is 0 Å². The molecule has 2 aromatic heterocycles. The van der Waals surface area contributed by atoms with Crippen molar-refractivity contribution in [2.24, 2.45) is 7.05 Å². The summed E-state index contributed by atoms with van der Waals surface area (Å²) < 4.78 is 29.6. The van der Waals surface area contributed by atoms with Crippen molar-refractivity contribution in [1.82, 2.24) is 25.1 Å². The van der Waals surface area contributed by atoms with Crippen molar-refractivity contribution in [2.45, 2.75) is 4.90 Å². The molecule has 0 aliphatic rings. The predicted molar refractivity (Wildman–Crippen MR) is 82.8 cm³/mol.